The van der Waals surface area contributed by atoms with Crippen molar-refractivity contribution in [3.63, 3.8) is 0 Å². The lowest BCUT2D eigenvalue weighted by Gasteiger charge is -2.30. The second-order valence-electron chi connectivity index (χ2n) is 7.45. The number of hydrogen-bond donors (Lipinski definition) is 1. The zero-order valence-corrected chi connectivity index (χ0v) is 16.8. The van der Waals surface area contributed by atoms with Crippen LogP contribution in [0, 0.1) is 5.82 Å². The van der Waals surface area contributed by atoms with E-state index >= 15 is 0 Å². The Kier molecular flexibility index (Phi) is 7.36. The van der Waals surface area contributed by atoms with Crippen LogP contribution in [0.5, 0.6) is 0 Å². The van der Waals surface area contributed by atoms with E-state index in [0.29, 0.717) is 31.7 Å². The summed E-state index contributed by atoms with van der Waals surface area (Å²) in [7, 11) is 0. The van der Waals surface area contributed by atoms with Crippen molar-refractivity contribution in [2.45, 2.75) is 19.3 Å². The third-order valence-electron chi connectivity index (χ3n) is 5.29. The monoisotopic (exact) mass is 397 g/mol. The normalized spacial score (nSPS) is 15.0. The van der Waals surface area contributed by atoms with Gasteiger partial charge in [0, 0.05) is 51.3 Å². The Morgan fingerprint density at radius 3 is 2.52 bits per heavy atom. The molecule has 1 fully saturated rings. The van der Waals surface area contributed by atoms with Gasteiger partial charge in [0.05, 0.1) is 0 Å². The Morgan fingerprint density at radius 2 is 1.83 bits per heavy atom. The highest BCUT2D eigenvalue weighted by atomic mass is 19.1. The average Bonchev–Trinajstić information content (AvgIpc) is 2.77. The van der Waals surface area contributed by atoms with Gasteiger partial charge >= 0.3 is 0 Å². The van der Waals surface area contributed by atoms with Gasteiger partial charge in [-0.25, -0.2) is 4.39 Å². The van der Waals surface area contributed by atoms with Gasteiger partial charge in [-0.15, -0.1) is 0 Å². The Bertz CT molecular complexity index is 822. The quantitative estimate of drug-likeness (QED) is 0.782. The van der Waals surface area contributed by atoms with Crippen LogP contribution in [0.1, 0.15) is 35.2 Å². The molecule has 0 aliphatic carbocycles. The number of halogens is 1. The molecule has 2 amide bonds. The molecule has 6 heteroatoms. The fraction of sp³-hybridized carbons (Fsp3) is 0.391. The van der Waals surface area contributed by atoms with Crippen molar-refractivity contribution >= 4 is 11.8 Å². The smallest absolute Gasteiger partial charge is 0.253 e. The summed E-state index contributed by atoms with van der Waals surface area (Å²) in [6, 6.07) is 15.7. The molecular weight excluding hydrogens is 369 g/mol. The standard InChI is InChI=1S/C23H28FN3O2/c1-18(19-6-3-2-4-7-19)17-27(23(29)20-8-5-9-21(24)16-20)13-10-22(28)26-14-11-25-12-15-26/h2-9,16,18,25H,10-15,17H2,1H3/t18-/m1/s1. The van der Waals surface area contributed by atoms with Crippen LogP contribution >= 0.6 is 0 Å². The van der Waals surface area contributed by atoms with Crippen LogP contribution in [0.2, 0.25) is 0 Å². The van der Waals surface area contributed by atoms with Gasteiger partial charge in [-0.05, 0) is 29.7 Å². The van der Waals surface area contributed by atoms with Crippen LogP contribution in [0.25, 0.3) is 0 Å². The molecule has 1 aliphatic heterocycles. The molecule has 29 heavy (non-hydrogen) atoms. The molecule has 1 saturated heterocycles. The Hall–Kier alpha value is -2.73. The van der Waals surface area contributed by atoms with Gasteiger partial charge in [-0.2, -0.15) is 0 Å². The molecule has 0 spiro atoms. The van der Waals surface area contributed by atoms with Crippen molar-refractivity contribution in [2.24, 2.45) is 0 Å². The number of amides is 2. The highest BCUT2D eigenvalue weighted by molar-refractivity contribution is 5.94. The minimum absolute atomic E-state index is 0.0518. The van der Waals surface area contributed by atoms with E-state index in [1.54, 1.807) is 11.0 Å². The zero-order chi connectivity index (χ0) is 20.6. The van der Waals surface area contributed by atoms with Gasteiger partial charge in [-0.1, -0.05) is 43.3 Å². The highest BCUT2D eigenvalue weighted by Crippen LogP contribution is 2.18. The lowest BCUT2D eigenvalue weighted by Crippen LogP contribution is -2.47. The molecule has 0 radical (unpaired) electrons. The number of piperazine rings is 1. The van der Waals surface area contributed by atoms with E-state index in [1.807, 2.05) is 35.2 Å². The van der Waals surface area contributed by atoms with E-state index in [0.717, 1.165) is 18.7 Å². The molecule has 0 aromatic heterocycles. The molecule has 0 saturated carbocycles. The van der Waals surface area contributed by atoms with Gasteiger partial charge in [0.1, 0.15) is 5.82 Å². The van der Waals surface area contributed by atoms with Crippen LogP contribution in [-0.4, -0.2) is 60.9 Å². The van der Waals surface area contributed by atoms with Crippen molar-refractivity contribution in [2.75, 3.05) is 39.3 Å². The summed E-state index contributed by atoms with van der Waals surface area (Å²) in [5, 5.41) is 3.23. The topological polar surface area (TPSA) is 52.7 Å². The Labute approximate surface area is 171 Å². The van der Waals surface area contributed by atoms with E-state index in [-0.39, 0.29) is 24.2 Å². The maximum Gasteiger partial charge on any atom is 0.253 e. The molecule has 2 aromatic carbocycles. The molecule has 1 N–H and O–H groups in total. The highest BCUT2D eigenvalue weighted by Gasteiger charge is 2.22. The first-order valence-electron chi connectivity index (χ1n) is 10.1. The number of benzene rings is 2. The number of carbonyl (C=O) groups excluding carboxylic acids is 2. The van der Waals surface area contributed by atoms with Crippen LogP contribution in [0.15, 0.2) is 54.6 Å². The molecule has 0 bridgehead atoms. The lowest BCUT2D eigenvalue weighted by atomic mass is 10.00. The fourth-order valence-electron chi connectivity index (χ4n) is 3.60. The third-order valence-corrected chi connectivity index (χ3v) is 5.29. The van der Waals surface area contributed by atoms with Crippen molar-refractivity contribution in [1.29, 1.82) is 0 Å². The summed E-state index contributed by atoms with van der Waals surface area (Å²) in [5.74, 6) is -0.539. The Balaban J connectivity index is 1.71. The van der Waals surface area contributed by atoms with Gasteiger partial charge < -0.3 is 15.1 Å². The predicted molar refractivity (Wildman–Crippen MR) is 111 cm³/mol. The first-order chi connectivity index (χ1) is 14.0. The van der Waals surface area contributed by atoms with E-state index in [1.165, 1.54) is 18.2 Å². The van der Waals surface area contributed by atoms with Crippen LogP contribution in [0.3, 0.4) is 0 Å². The zero-order valence-electron chi connectivity index (χ0n) is 16.8. The van der Waals surface area contributed by atoms with E-state index in [9.17, 15) is 14.0 Å². The summed E-state index contributed by atoms with van der Waals surface area (Å²) < 4.78 is 13.6. The van der Waals surface area contributed by atoms with Crippen molar-refractivity contribution in [1.82, 2.24) is 15.1 Å². The fourth-order valence-corrected chi connectivity index (χ4v) is 3.60. The maximum atomic E-state index is 13.6. The van der Waals surface area contributed by atoms with E-state index in [4.69, 9.17) is 0 Å². The second kappa shape index (κ2) is 10.2. The largest absolute Gasteiger partial charge is 0.340 e. The molecule has 1 aliphatic rings. The molecule has 1 heterocycles. The summed E-state index contributed by atoms with van der Waals surface area (Å²) >= 11 is 0. The predicted octanol–water partition coefficient (Wildman–Crippen LogP) is 2.89. The maximum absolute atomic E-state index is 13.6. The van der Waals surface area contributed by atoms with Crippen molar-refractivity contribution in [3.05, 3.63) is 71.5 Å². The second-order valence-corrected chi connectivity index (χ2v) is 7.45. The van der Waals surface area contributed by atoms with Crippen molar-refractivity contribution in [3.8, 4) is 0 Å². The van der Waals surface area contributed by atoms with Crippen LogP contribution in [0.4, 0.5) is 4.39 Å². The van der Waals surface area contributed by atoms with Gasteiger partial charge in [0.15, 0.2) is 0 Å². The number of hydrogen-bond acceptors (Lipinski definition) is 3. The van der Waals surface area contributed by atoms with Gasteiger partial charge in [0.25, 0.3) is 5.91 Å². The van der Waals surface area contributed by atoms with Gasteiger partial charge in [-0.3, -0.25) is 9.59 Å². The third kappa shape index (κ3) is 5.87. The average molecular weight is 397 g/mol. The number of nitrogens with one attached hydrogen (secondary N) is 1. The summed E-state index contributed by atoms with van der Waals surface area (Å²) in [6.07, 6.45) is 0.266. The summed E-state index contributed by atoms with van der Waals surface area (Å²) in [4.78, 5) is 29.2. The minimum atomic E-state index is -0.441. The summed E-state index contributed by atoms with van der Waals surface area (Å²) in [5.41, 5.74) is 1.43. The van der Waals surface area contributed by atoms with Crippen LogP contribution < -0.4 is 5.32 Å². The first kappa shape index (κ1) is 21.0. The molecule has 154 valence electrons. The molecule has 3 rings (SSSR count). The molecule has 1 atom stereocenters. The molecule has 0 unspecified atom stereocenters. The molecule has 2 aromatic rings. The SMILES string of the molecule is C[C@H](CN(CCC(=O)N1CCNCC1)C(=O)c1cccc(F)c1)c1ccccc1. The number of nitrogens with zero attached hydrogens (tertiary/aromatic N) is 2. The Morgan fingerprint density at radius 1 is 1.10 bits per heavy atom. The van der Waals surface area contributed by atoms with Crippen LogP contribution in [-0.2, 0) is 4.79 Å². The number of rotatable bonds is 7. The first-order valence-corrected chi connectivity index (χ1v) is 10.1. The van der Waals surface area contributed by atoms with E-state index in [2.05, 4.69) is 12.2 Å². The molecule has 5 nitrogen and oxygen atoms in total. The van der Waals surface area contributed by atoms with Crippen molar-refractivity contribution < 1.29 is 14.0 Å². The number of carbonyl (C=O) groups is 2. The molecular formula is C23H28FN3O2. The van der Waals surface area contributed by atoms with E-state index < -0.39 is 5.82 Å². The minimum Gasteiger partial charge on any atom is -0.340 e. The van der Waals surface area contributed by atoms with Gasteiger partial charge in [0.2, 0.25) is 5.91 Å². The summed E-state index contributed by atoms with van der Waals surface area (Å²) in [6.45, 7) is 5.81. The lowest BCUT2D eigenvalue weighted by molar-refractivity contribution is -0.131.